The van der Waals surface area contributed by atoms with Crippen LogP contribution in [0, 0.1) is 0 Å². The maximum Gasteiger partial charge on any atom is 0.0828 e. The van der Waals surface area contributed by atoms with Gasteiger partial charge in [0.15, 0.2) is 0 Å². The molecule has 0 saturated heterocycles. The fraction of sp³-hybridized carbons (Fsp3) is 0.905. The summed E-state index contributed by atoms with van der Waals surface area (Å²) in [6.45, 7) is 21.5. The molecule has 0 spiro atoms. The second-order valence-electron chi connectivity index (χ2n) is 20.9. The number of rotatable bonds is 61. The molecule has 0 unspecified atom stereocenters. The van der Waals surface area contributed by atoms with Crippen molar-refractivity contribution in [3.8, 4) is 0 Å². The fourth-order valence-electron chi connectivity index (χ4n) is 8.49. The van der Waals surface area contributed by atoms with E-state index < -0.39 is 35.0 Å². The van der Waals surface area contributed by atoms with Gasteiger partial charge in [-0.2, -0.15) is 0 Å². The Balaban J connectivity index is -0.00000110. The number of hydrogen-bond acceptors (Lipinski definition) is 9. The molecule has 12 heteroatoms. The van der Waals surface area contributed by atoms with Crippen LogP contribution in [0.4, 0.5) is 0 Å². The van der Waals surface area contributed by atoms with Gasteiger partial charge in [0.25, 0.3) is 0 Å². The van der Waals surface area contributed by atoms with Crippen molar-refractivity contribution < 1.29 is 55.6 Å². The Morgan fingerprint density at radius 1 is 0.333 bits per heavy atom. The first-order valence-electron chi connectivity index (χ1n) is 32.1. The quantitative estimate of drug-likeness (QED) is 0.0193. The average Bonchev–Trinajstić information content (AvgIpc) is 3.41. The largest absolute Gasteiger partial charge is 0.786 e. The molecule has 0 rings (SSSR count). The van der Waals surface area contributed by atoms with Crippen molar-refractivity contribution in [1.29, 1.82) is 0 Å². The standard InChI is InChI=1S/2C26H54O3P.C4H8O.2C3H5O.CH3.Ti/c2*1-3-5-7-9-11-13-15-17-19-21-23-25-28-30(27)29-26-24-22-20-18-16-14-12-10-8-6-4-2;1-2-3-4-5;2*1-2-3-4;;/h2*3-26H2,1-2H3;3-5H,2H2,1H3;2*2H,1,3H2;1H3;/q2*-1;;2*-1;;+5/p-1. The number of hydrogen-bond donors (Lipinski definition) is 0. The predicted molar refractivity (Wildman–Crippen MR) is 322 cm³/mol. The molecule has 0 amide bonds. The molecule has 0 aromatic carbocycles. The molecule has 0 aliphatic rings. The Labute approximate surface area is 476 Å². The zero-order chi connectivity index (χ0) is 55.5. The van der Waals surface area contributed by atoms with Gasteiger partial charge in [0.2, 0.25) is 0 Å². The van der Waals surface area contributed by atoms with Crippen molar-refractivity contribution in [2.45, 2.75) is 329 Å². The molecule has 0 N–H and O–H groups in total. The van der Waals surface area contributed by atoms with E-state index in [1.54, 1.807) is 18.4 Å². The molecule has 0 saturated carbocycles. The van der Waals surface area contributed by atoms with Crippen molar-refractivity contribution in [3.05, 3.63) is 37.6 Å². The minimum Gasteiger partial charge on any atom is -0.786 e. The smallest absolute Gasteiger partial charge is 0.0828 e. The third-order valence-corrected chi connectivity index (χ3v) is 17.9. The van der Waals surface area contributed by atoms with E-state index in [2.05, 4.69) is 40.9 Å². The fourth-order valence-corrected chi connectivity index (χ4v) is 11.9. The van der Waals surface area contributed by atoms with E-state index in [0.29, 0.717) is 39.6 Å². The Kier molecular flexibility index (Phi) is 76.6. The van der Waals surface area contributed by atoms with Crippen LogP contribution < -0.4 is 9.79 Å². The van der Waals surface area contributed by atoms with Crippen LogP contribution >= 0.6 is 17.2 Å². The van der Waals surface area contributed by atoms with Crippen LogP contribution in [0.3, 0.4) is 0 Å². The summed E-state index contributed by atoms with van der Waals surface area (Å²) in [5, 5.41) is 1.90. The first-order valence-corrected chi connectivity index (χ1v) is 37.8. The van der Waals surface area contributed by atoms with Gasteiger partial charge in [0.1, 0.15) is 0 Å². The van der Waals surface area contributed by atoms with E-state index in [1.807, 2.05) is 18.2 Å². The van der Waals surface area contributed by atoms with Gasteiger partial charge in [-0.15, -0.1) is 0 Å². The second-order valence-corrected chi connectivity index (χ2v) is 26.8. The van der Waals surface area contributed by atoms with Gasteiger partial charge < -0.3 is 27.9 Å². The Morgan fingerprint density at radius 2 is 0.533 bits per heavy atom. The summed E-state index contributed by atoms with van der Waals surface area (Å²) in [6, 6.07) is 0. The third-order valence-electron chi connectivity index (χ3n) is 13.3. The van der Waals surface area contributed by atoms with Crippen LogP contribution in [0.25, 0.3) is 0 Å². The molecule has 448 valence electrons. The van der Waals surface area contributed by atoms with Gasteiger partial charge in [-0.05, 0) is 25.7 Å². The van der Waals surface area contributed by atoms with Crippen LogP contribution in [0.2, 0.25) is 5.23 Å². The summed E-state index contributed by atoms with van der Waals surface area (Å²) >= 11 is -3.08. The average molecular weight is 1140 g/mol. The molecule has 0 aliphatic heterocycles. The topological polar surface area (TPSA) is 111 Å². The van der Waals surface area contributed by atoms with E-state index in [1.165, 1.54) is 257 Å². The van der Waals surface area contributed by atoms with Crippen LogP contribution in [-0.4, -0.2) is 39.6 Å². The van der Waals surface area contributed by atoms with Crippen LogP contribution in [0.15, 0.2) is 37.6 Å². The van der Waals surface area contributed by atoms with Crippen molar-refractivity contribution in [3.63, 3.8) is 0 Å². The molecule has 75 heavy (non-hydrogen) atoms. The molecular weight excluding hydrogens is 1010 g/mol. The van der Waals surface area contributed by atoms with Crippen molar-refractivity contribution in [1.82, 2.24) is 0 Å². The van der Waals surface area contributed by atoms with Crippen molar-refractivity contribution >= 4 is 17.2 Å². The van der Waals surface area contributed by atoms with Crippen LogP contribution in [0.1, 0.15) is 324 Å². The molecule has 0 fully saturated rings. The zero-order valence-corrected chi connectivity index (χ0v) is 54.2. The molecular formula is C63H128O9P2Ti. The SMILES string of the molecule is C=CC[O][Ti+2]([CH3])([O]C=CCC)[O]CC=C.CCCCCCCCCCCCCOP([O-])OCCCCCCCCCCCCC.CCCCCCCCCCCCCOP([O-])OCCCCCCCCCCCCC. The molecule has 0 aromatic rings. The minimum absolute atomic E-state index is 0.452. The molecule has 0 heterocycles. The van der Waals surface area contributed by atoms with E-state index in [0.717, 1.165) is 32.1 Å². The van der Waals surface area contributed by atoms with E-state index in [9.17, 15) is 9.79 Å². The summed E-state index contributed by atoms with van der Waals surface area (Å²) < 4.78 is 37.9. The maximum absolute atomic E-state index is 11.7. The molecule has 0 bridgehead atoms. The van der Waals surface area contributed by atoms with Crippen LogP contribution in [0.5, 0.6) is 0 Å². The zero-order valence-electron chi connectivity index (χ0n) is 50.9. The molecule has 0 radical (unpaired) electrons. The van der Waals surface area contributed by atoms with Gasteiger partial charge in [-0.25, -0.2) is 0 Å². The first-order chi connectivity index (χ1) is 36.8. The number of unbranched alkanes of at least 4 members (excludes halogenated alkanes) is 40. The second kappa shape index (κ2) is 72.3. The van der Waals surface area contributed by atoms with Gasteiger partial charge in [-0.1, -0.05) is 285 Å². The summed E-state index contributed by atoms with van der Waals surface area (Å²) in [4.78, 5) is 23.4. The minimum atomic E-state index is -3.08. The van der Waals surface area contributed by atoms with E-state index in [4.69, 9.17) is 28.1 Å². The predicted octanol–water partition coefficient (Wildman–Crippen LogP) is 21.7. The van der Waals surface area contributed by atoms with Gasteiger partial charge in [0.05, 0.1) is 43.6 Å². The Hall–Kier alpha value is 0.274. The third kappa shape index (κ3) is 74.3. The molecule has 9 nitrogen and oxygen atoms in total. The van der Waals surface area contributed by atoms with Crippen LogP contribution in [-0.2, 0) is 45.8 Å². The molecule has 0 aromatic heterocycles. The summed E-state index contributed by atoms with van der Waals surface area (Å²) in [7, 11) is -3.81. The monoisotopic (exact) mass is 1140 g/mol. The van der Waals surface area contributed by atoms with Gasteiger partial charge in [-0.3, -0.25) is 0 Å². The Morgan fingerprint density at radius 3 is 0.720 bits per heavy atom. The maximum atomic E-state index is 11.7. The van der Waals surface area contributed by atoms with Gasteiger partial charge >= 0.3 is 97.1 Å². The number of allylic oxidation sites excluding steroid dienone is 1. The van der Waals surface area contributed by atoms with Gasteiger partial charge in [0, 0.05) is 0 Å². The van der Waals surface area contributed by atoms with E-state index >= 15 is 0 Å². The van der Waals surface area contributed by atoms with Crippen molar-refractivity contribution in [2.24, 2.45) is 0 Å². The summed E-state index contributed by atoms with van der Waals surface area (Å²) in [5.41, 5.74) is 0. The first kappa shape index (κ1) is 79.5. The normalized spacial score (nSPS) is 11.4. The summed E-state index contributed by atoms with van der Waals surface area (Å²) in [6.07, 6.45) is 65.8. The van der Waals surface area contributed by atoms with Crippen molar-refractivity contribution in [2.75, 3.05) is 39.6 Å². The van der Waals surface area contributed by atoms with E-state index in [-0.39, 0.29) is 0 Å². The Bertz CT molecular complexity index is 951. The molecule has 0 aliphatic carbocycles. The molecule has 0 atom stereocenters. The summed E-state index contributed by atoms with van der Waals surface area (Å²) in [5.74, 6) is 0.